The highest BCUT2D eigenvalue weighted by atomic mass is 16.7. The topological polar surface area (TPSA) is 94.5 Å². The highest BCUT2D eigenvalue weighted by molar-refractivity contribution is 5.97. The summed E-state index contributed by atoms with van der Waals surface area (Å²) < 4.78 is 21.0. The summed E-state index contributed by atoms with van der Waals surface area (Å²) in [6, 6.07) is 1.84. The summed E-state index contributed by atoms with van der Waals surface area (Å²) in [5.74, 6) is -0.868. The molecule has 1 fully saturated rings. The van der Waals surface area contributed by atoms with Crippen LogP contribution in [0.25, 0.3) is 0 Å². The summed E-state index contributed by atoms with van der Waals surface area (Å²) in [6.07, 6.45) is 2.50. The summed E-state index contributed by atoms with van der Waals surface area (Å²) in [5.41, 5.74) is 3.24. The number of methoxy groups -OCH3 is 1. The Balaban J connectivity index is 1.49. The lowest BCUT2D eigenvalue weighted by molar-refractivity contribution is -0.144. The maximum absolute atomic E-state index is 12.1. The predicted octanol–water partition coefficient (Wildman–Crippen LogP) is 2.66. The molecular formula is C23H31NO7. The van der Waals surface area contributed by atoms with Crippen molar-refractivity contribution in [3.05, 3.63) is 40.0 Å². The van der Waals surface area contributed by atoms with Crippen molar-refractivity contribution in [1.29, 1.82) is 0 Å². The van der Waals surface area contributed by atoms with Gasteiger partial charge in [0.05, 0.1) is 13.2 Å². The van der Waals surface area contributed by atoms with Gasteiger partial charge in [0.25, 0.3) is 0 Å². The van der Waals surface area contributed by atoms with Crippen molar-refractivity contribution in [1.82, 2.24) is 4.90 Å². The number of ether oxygens (including phenoxy) is 4. The number of allylic oxidation sites excluding steroid dienone is 2. The van der Waals surface area contributed by atoms with E-state index in [9.17, 15) is 14.7 Å². The third-order valence-corrected chi connectivity index (χ3v) is 5.66. The zero-order chi connectivity index (χ0) is 22.4. The molecule has 1 aromatic rings. The highest BCUT2D eigenvalue weighted by Gasteiger charge is 2.36. The van der Waals surface area contributed by atoms with Gasteiger partial charge in [-0.25, -0.2) is 4.79 Å². The zero-order valence-electron chi connectivity index (χ0n) is 18.4. The van der Waals surface area contributed by atoms with Gasteiger partial charge in [-0.3, -0.25) is 9.69 Å². The van der Waals surface area contributed by atoms with Crippen LogP contribution in [-0.4, -0.2) is 68.5 Å². The van der Waals surface area contributed by atoms with E-state index in [0.717, 1.165) is 44.0 Å². The van der Waals surface area contributed by atoms with Gasteiger partial charge in [-0.15, -0.1) is 0 Å². The third kappa shape index (κ3) is 5.84. The molecule has 1 atom stereocenters. The van der Waals surface area contributed by atoms with Crippen LogP contribution in [0.2, 0.25) is 0 Å². The van der Waals surface area contributed by atoms with Gasteiger partial charge in [0.1, 0.15) is 17.9 Å². The predicted molar refractivity (Wildman–Crippen MR) is 113 cm³/mol. The molecule has 0 spiro atoms. The first-order valence-corrected chi connectivity index (χ1v) is 10.6. The van der Waals surface area contributed by atoms with Crippen molar-refractivity contribution < 1.29 is 33.6 Å². The first-order chi connectivity index (χ1) is 14.9. The number of hydrogen-bond donors (Lipinski definition) is 1. The molecule has 0 aromatic heterocycles. The Morgan fingerprint density at radius 2 is 2.06 bits per heavy atom. The molecule has 8 nitrogen and oxygen atoms in total. The molecule has 8 heteroatoms. The zero-order valence-corrected chi connectivity index (χ0v) is 18.4. The van der Waals surface area contributed by atoms with Gasteiger partial charge in [-0.2, -0.15) is 0 Å². The fourth-order valence-electron chi connectivity index (χ4n) is 3.81. The third-order valence-electron chi connectivity index (χ3n) is 5.66. The van der Waals surface area contributed by atoms with E-state index in [1.54, 1.807) is 0 Å². The number of morpholine rings is 1. The Morgan fingerprint density at radius 1 is 1.32 bits per heavy atom. The van der Waals surface area contributed by atoms with Crippen molar-refractivity contribution in [3.63, 3.8) is 0 Å². The lowest BCUT2D eigenvalue weighted by atomic mass is 9.95. The smallest absolute Gasteiger partial charge is 0.345 e. The first kappa shape index (κ1) is 23.2. The van der Waals surface area contributed by atoms with Crippen LogP contribution in [0.3, 0.4) is 0 Å². The van der Waals surface area contributed by atoms with Crippen molar-refractivity contribution in [2.45, 2.75) is 39.4 Å². The quantitative estimate of drug-likeness (QED) is 0.469. The van der Waals surface area contributed by atoms with Crippen molar-refractivity contribution in [2.24, 2.45) is 0 Å². The van der Waals surface area contributed by atoms with E-state index in [1.165, 1.54) is 7.11 Å². The molecular weight excluding hydrogens is 402 g/mol. The van der Waals surface area contributed by atoms with E-state index >= 15 is 0 Å². The summed E-state index contributed by atoms with van der Waals surface area (Å²) in [4.78, 5) is 26.3. The number of phenolic OH excluding ortho intramolecular Hbond substituents is 1. The second-order valence-corrected chi connectivity index (χ2v) is 7.89. The van der Waals surface area contributed by atoms with Gasteiger partial charge in [0.15, 0.2) is 0 Å². The van der Waals surface area contributed by atoms with Gasteiger partial charge in [0, 0.05) is 38.7 Å². The normalized spacial score (nSPS) is 19.3. The molecule has 0 radical (unpaired) electrons. The van der Waals surface area contributed by atoms with E-state index in [2.05, 4.69) is 4.90 Å². The Kier molecular flexibility index (Phi) is 8.06. The van der Waals surface area contributed by atoms with E-state index < -0.39 is 12.3 Å². The number of phenols is 1. The Hall–Kier alpha value is -2.42. The summed E-state index contributed by atoms with van der Waals surface area (Å²) in [6.45, 7) is 8.12. The van der Waals surface area contributed by atoms with Crippen LogP contribution in [0, 0.1) is 6.92 Å². The Labute approximate surface area is 182 Å². The Morgan fingerprint density at radius 3 is 2.77 bits per heavy atom. The second kappa shape index (κ2) is 10.7. The van der Waals surface area contributed by atoms with Crippen LogP contribution >= 0.6 is 0 Å². The van der Waals surface area contributed by atoms with Gasteiger partial charge >= 0.3 is 11.9 Å². The SMILES string of the molecule is COC1OC(=O)c2c(O)c(C/C=C(\C)CCC(=O)OCCN3CCOCC3)cc(C)c21. The molecule has 0 saturated carbocycles. The summed E-state index contributed by atoms with van der Waals surface area (Å²) in [5, 5.41) is 10.6. The number of nitrogens with zero attached hydrogens (tertiary/aromatic N) is 1. The van der Waals surface area contributed by atoms with Gasteiger partial charge in [-0.05, 0) is 37.8 Å². The van der Waals surface area contributed by atoms with Crippen LogP contribution in [0.1, 0.15) is 53.1 Å². The number of aryl methyl sites for hydroxylation is 1. The molecule has 2 aliphatic heterocycles. The molecule has 31 heavy (non-hydrogen) atoms. The van der Waals surface area contributed by atoms with Crippen LogP contribution < -0.4 is 0 Å². The second-order valence-electron chi connectivity index (χ2n) is 7.89. The van der Waals surface area contributed by atoms with Crippen LogP contribution in [-0.2, 0) is 30.2 Å². The molecule has 1 saturated heterocycles. The molecule has 2 heterocycles. The molecule has 1 unspecified atom stereocenters. The number of cyclic esters (lactones) is 1. The lowest BCUT2D eigenvalue weighted by Crippen LogP contribution is -2.38. The average Bonchev–Trinajstić information content (AvgIpc) is 3.11. The molecule has 1 aromatic carbocycles. The largest absolute Gasteiger partial charge is 0.507 e. The maximum atomic E-state index is 12.1. The Bertz CT molecular complexity index is 843. The number of carbonyl (C=O) groups excluding carboxylic acids is 2. The molecule has 2 aliphatic rings. The minimum atomic E-state index is -0.783. The number of esters is 2. The minimum absolute atomic E-state index is 0.0725. The van der Waals surface area contributed by atoms with E-state index in [-0.39, 0.29) is 17.3 Å². The fraction of sp³-hybridized carbons (Fsp3) is 0.565. The number of aromatic hydroxyl groups is 1. The van der Waals surface area contributed by atoms with Crippen LogP contribution in [0.4, 0.5) is 0 Å². The monoisotopic (exact) mass is 433 g/mol. The highest BCUT2D eigenvalue weighted by Crippen LogP contribution is 2.40. The first-order valence-electron chi connectivity index (χ1n) is 10.6. The minimum Gasteiger partial charge on any atom is -0.507 e. The molecule has 0 aliphatic carbocycles. The fourth-order valence-corrected chi connectivity index (χ4v) is 3.81. The number of hydrogen-bond acceptors (Lipinski definition) is 8. The summed E-state index contributed by atoms with van der Waals surface area (Å²) in [7, 11) is 1.46. The number of benzene rings is 1. The maximum Gasteiger partial charge on any atom is 0.345 e. The van der Waals surface area contributed by atoms with Crippen LogP contribution in [0.15, 0.2) is 17.7 Å². The van der Waals surface area contributed by atoms with Crippen molar-refractivity contribution in [2.75, 3.05) is 46.6 Å². The summed E-state index contributed by atoms with van der Waals surface area (Å²) >= 11 is 0. The van der Waals surface area contributed by atoms with E-state index in [4.69, 9.17) is 18.9 Å². The molecule has 1 N–H and O–H groups in total. The van der Waals surface area contributed by atoms with Gasteiger partial charge in [-0.1, -0.05) is 17.7 Å². The number of fused-ring (bicyclic) bond motifs is 1. The average molecular weight is 434 g/mol. The number of carbonyl (C=O) groups is 2. The van der Waals surface area contributed by atoms with Gasteiger partial charge in [0.2, 0.25) is 6.29 Å². The van der Waals surface area contributed by atoms with Crippen molar-refractivity contribution in [3.8, 4) is 5.75 Å². The van der Waals surface area contributed by atoms with Crippen LogP contribution in [0.5, 0.6) is 5.75 Å². The standard InChI is InChI=1S/C23H31NO7/c1-15(5-7-18(25)30-13-10-24-8-11-29-12-9-24)4-6-17-14-16(2)19-20(21(17)26)22(27)31-23(19)28-3/h4,14,23,26H,5-13H2,1-3H3/b15-4+. The molecule has 170 valence electrons. The van der Waals surface area contributed by atoms with Gasteiger partial charge < -0.3 is 24.1 Å². The molecule has 0 amide bonds. The number of rotatable bonds is 9. The lowest BCUT2D eigenvalue weighted by Gasteiger charge is -2.26. The van der Waals surface area contributed by atoms with Crippen molar-refractivity contribution >= 4 is 11.9 Å². The van der Waals surface area contributed by atoms with E-state index in [1.807, 2.05) is 26.0 Å². The van der Waals surface area contributed by atoms with E-state index in [0.29, 0.717) is 37.0 Å². The molecule has 3 rings (SSSR count). The molecule has 0 bridgehead atoms.